The van der Waals surface area contributed by atoms with Crippen LogP contribution < -0.4 is 10.6 Å². The second-order valence-electron chi connectivity index (χ2n) is 8.06. The van der Waals surface area contributed by atoms with Gasteiger partial charge in [0.15, 0.2) is 5.76 Å². The number of nitrogens with zero attached hydrogens (tertiary/aromatic N) is 2. The lowest BCUT2D eigenvalue weighted by molar-refractivity contribution is -0.122. The molecule has 1 aromatic carbocycles. The van der Waals surface area contributed by atoms with E-state index >= 15 is 0 Å². The number of aryl methyl sites for hydroxylation is 2. The molecule has 0 radical (unpaired) electrons. The molecule has 0 bridgehead atoms. The van der Waals surface area contributed by atoms with Gasteiger partial charge in [0.25, 0.3) is 0 Å². The van der Waals surface area contributed by atoms with Gasteiger partial charge in [0.1, 0.15) is 11.5 Å². The topological polar surface area (TPSA) is 89.2 Å². The maximum Gasteiger partial charge on any atom is 0.227 e. The number of amides is 2. The van der Waals surface area contributed by atoms with Crippen LogP contribution in [0, 0.1) is 25.7 Å². The van der Waals surface area contributed by atoms with Crippen LogP contribution in [0.15, 0.2) is 47.1 Å². The summed E-state index contributed by atoms with van der Waals surface area (Å²) in [6, 6.07) is 11.5. The molecule has 2 N–H and O–H groups in total. The van der Waals surface area contributed by atoms with Crippen LogP contribution in [-0.4, -0.2) is 28.1 Å². The maximum absolute atomic E-state index is 12.5. The third kappa shape index (κ3) is 4.45. The Morgan fingerprint density at radius 1 is 1.20 bits per heavy atom. The Morgan fingerprint density at radius 2 is 1.93 bits per heavy atom. The number of carbonyl (C=O) groups excluding carboxylic acids is 2. The van der Waals surface area contributed by atoms with Crippen LogP contribution in [0.2, 0.25) is 0 Å². The van der Waals surface area contributed by atoms with Crippen LogP contribution >= 0.6 is 0 Å². The smallest absolute Gasteiger partial charge is 0.227 e. The first-order chi connectivity index (χ1) is 14.4. The molecule has 2 atom stereocenters. The van der Waals surface area contributed by atoms with E-state index in [1.807, 2.05) is 32.0 Å². The summed E-state index contributed by atoms with van der Waals surface area (Å²) in [5.74, 6) is 1.59. The summed E-state index contributed by atoms with van der Waals surface area (Å²) in [7, 11) is 0. The van der Waals surface area contributed by atoms with Crippen molar-refractivity contribution >= 4 is 17.6 Å². The summed E-state index contributed by atoms with van der Waals surface area (Å²) >= 11 is 0. The predicted octanol–water partition coefficient (Wildman–Crippen LogP) is 3.85. The minimum absolute atomic E-state index is 0.0377. The molecule has 1 aliphatic carbocycles. The molecule has 0 aliphatic heterocycles. The van der Waals surface area contributed by atoms with Crippen LogP contribution in [0.1, 0.15) is 30.9 Å². The second kappa shape index (κ2) is 8.18. The Morgan fingerprint density at radius 3 is 2.57 bits per heavy atom. The zero-order chi connectivity index (χ0) is 21.3. The lowest BCUT2D eigenvalue weighted by atomic mass is 10.1. The van der Waals surface area contributed by atoms with Gasteiger partial charge in [0.05, 0.1) is 12.0 Å². The van der Waals surface area contributed by atoms with Gasteiger partial charge in [-0.3, -0.25) is 9.59 Å². The Kier molecular flexibility index (Phi) is 5.44. The van der Waals surface area contributed by atoms with Gasteiger partial charge in [-0.1, -0.05) is 13.0 Å². The first-order valence-electron chi connectivity index (χ1n) is 10.2. The molecule has 1 fully saturated rings. The highest BCUT2D eigenvalue weighted by molar-refractivity contribution is 5.91. The van der Waals surface area contributed by atoms with E-state index < -0.39 is 0 Å². The molecule has 0 spiro atoms. The number of furan rings is 1. The number of hydrogen-bond donors (Lipinski definition) is 2. The van der Waals surface area contributed by atoms with Gasteiger partial charge in [-0.25, -0.2) is 4.68 Å². The highest BCUT2D eigenvalue weighted by Gasteiger charge is 2.38. The van der Waals surface area contributed by atoms with Gasteiger partial charge < -0.3 is 15.1 Å². The zero-order valence-electron chi connectivity index (χ0n) is 17.4. The van der Waals surface area contributed by atoms with Crippen LogP contribution in [-0.2, 0) is 9.59 Å². The summed E-state index contributed by atoms with van der Waals surface area (Å²) in [5.41, 5.74) is 3.70. The molecular weight excluding hydrogens is 380 g/mol. The summed E-state index contributed by atoms with van der Waals surface area (Å²) in [4.78, 5) is 24.5. The van der Waals surface area contributed by atoms with E-state index in [2.05, 4.69) is 28.7 Å². The first-order valence-corrected chi connectivity index (χ1v) is 10.2. The number of aromatic nitrogens is 2. The van der Waals surface area contributed by atoms with E-state index in [1.165, 1.54) is 0 Å². The van der Waals surface area contributed by atoms with Gasteiger partial charge in [-0.2, -0.15) is 5.10 Å². The minimum Gasteiger partial charge on any atom is -0.463 e. The Labute approximate surface area is 175 Å². The lowest BCUT2D eigenvalue weighted by Gasteiger charge is -2.11. The third-order valence-electron chi connectivity index (χ3n) is 5.30. The largest absolute Gasteiger partial charge is 0.463 e. The number of anilines is 1. The lowest BCUT2D eigenvalue weighted by Crippen LogP contribution is -2.29. The van der Waals surface area contributed by atoms with Crippen molar-refractivity contribution in [3.8, 4) is 17.1 Å². The molecule has 0 saturated heterocycles. The SMILES string of the molecule is Cc1cc(C)cc(-n2nc(-c3ccco3)cc2NC(=O)CCNC(=O)[C@H]2C[C@H]2C)c1. The van der Waals surface area contributed by atoms with Gasteiger partial charge in [0.2, 0.25) is 11.8 Å². The molecule has 2 amide bonds. The van der Waals surface area contributed by atoms with E-state index in [-0.39, 0.29) is 24.2 Å². The van der Waals surface area contributed by atoms with Crippen molar-refractivity contribution in [2.75, 3.05) is 11.9 Å². The first kappa shape index (κ1) is 19.9. The highest BCUT2D eigenvalue weighted by atomic mass is 16.3. The van der Waals surface area contributed by atoms with Gasteiger partial charge >= 0.3 is 0 Å². The van der Waals surface area contributed by atoms with Crippen molar-refractivity contribution in [2.24, 2.45) is 11.8 Å². The molecule has 0 unspecified atom stereocenters. The Balaban J connectivity index is 1.50. The van der Waals surface area contributed by atoms with Gasteiger partial charge in [-0.15, -0.1) is 0 Å². The maximum atomic E-state index is 12.5. The molecule has 2 aromatic heterocycles. The number of benzene rings is 1. The number of carbonyl (C=O) groups is 2. The van der Waals surface area contributed by atoms with Crippen LogP contribution in [0.25, 0.3) is 17.1 Å². The van der Waals surface area contributed by atoms with E-state index in [9.17, 15) is 9.59 Å². The fourth-order valence-corrected chi connectivity index (χ4v) is 3.61. The molecule has 2 heterocycles. The summed E-state index contributed by atoms with van der Waals surface area (Å²) < 4.78 is 7.18. The quantitative estimate of drug-likeness (QED) is 0.624. The molecule has 1 aliphatic rings. The van der Waals surface area contributed by atoms with Gasteiger partial charge in [-0.05, 0) is 61.6 Å². The monoisotopic (exact) mass is 406 g/mol. The Bertz CT molecular complexity index is 1050. The van der Waals surface area contributed by atoms with E-state index in [0.29, 0.717) is 29.7 Å². The highest BCUT2D eigenvalue weighted by Crippen LogP contribution is 2.37. The molecule has 7 heteroatoms. The van der Waals surface area contributed by atoms with Gasteiger partial charge in [0, 0.05) is 24.9 Å². The molecular formula is C23H26N4O3. The normalized spacial score (nSPS) is 17.6. The van der Waals surface area contributed by atoms with Crippen molar-refractivity contribution in [1.29, 1.82) is 0 Å². The standard InChI is InChI=1S/C23H26N4O3/c1-14-9-15(2)11-17(10-14)27-21(13-19(26-27)20-5-4-8-30-20)25-22(28)6-7-24-23(29)18-12-16(18)3/h4-5,8-11,13,16,18H,6-7,12H2,1-3H3,(H,24,29)(H,25,28)/t16-,18+/m1/s1. The summed E-state index contributed by atoms with van der Waals surface area (Å²) in [6.07, 6.45) is 2.72. The van der Waals surface area contributed by atoms with Crippen LogP contribution in [0.3, 0.4) is 0 Å². The molecule has 1 saturated carbocycles. The molecule has 3 aromatic rings. The van der Waals surface area contributed by atoms with Crippen LogP contribution in [0.5, 0.6) is 0 Å². The van der Waals surface area contributed by atoms with Crippen molar-refractivity contribution < 1.29 is 14.0 Å². The number of rotatable bonds is 7. The summed E-state index contributed by atoms with van der Waals surface area (Å²) in [5, 5.41) is 10.4. The van der Waals surface area contributed by atoms with Crippen molar-refractivity contribution in [2.45, 2.75) is 33.6 Å². The van der Waals surface area contributed by atoms with Crippen molar-refractivity contribution in [3.63, 3.8) is 0 Å². The fraction of sp³-hybridized carbons (Fsp3) is 0.348. The molecule has 30 heavy (non-hydrogen) atoms. The number of hydrogen-bond acceptors (Lipinski definition) is 4. The van der Waals surface area contributed by atoms with E-state index in [0.717, 1.165) is 23.2 Å². The molecule has 4 rings (SSSR count). The molecule has 7 nitrogen and oxygen atoms in total. The number of nitrogens with one attached hydrogen (secondary N) is 2. The van der Waals surface area contributed by atoms with E-state index in [4.69, 9.17) is 4.42 Å². The fourth-order valence-electron chi connectivity index (χ4n) is 3.61. The van der Waals surface area contributed by atoms with Crippen molar-refractivity contribution in [1.82, 2.24) is 15.1 Å². The van der Waals surface area contributed by atoms with E-state index in [1.54, 1.807) is 23.1 Å². The molecule has 156 valence electrons. The predicted molar refractivity (Wildman–Crippen MR) is 114 cm³/mol. The minimum atomic E-state index is -0.185. The third-order valence-corrected chi connectivity index (χ3v) is 5.30. The zero-order valence-corrected chi connectivity index (χ0v) is 17.4. The van der Waals surface area contributed by atoms with Crippen molar-refractivity contribution in [3.05, 3.63) is 53.8 Å². The Hall–Kier alpha value is -3.35. The second-order valence-corrected chi connectivity index (χ2v) is 8.06. The average molecular weight is 406 g/mol. The summed E-state index contributed by atoms with van der Waals surface area (Å²) in [6.45, 7) is 6.42. The average Bonchev–Trinajstić information content (AvgIpc) is 3.09. The van der Waals surface area contributed by atoms with Crippen LogP contribution in [0.4, 0.5) is 5.82 Å².